The lowest BCUT2D eigenvalue weighted by atomic mass is 10.1. The van der Waals surface area contributed by atoms with Crippen molar-refractivity contribution in [2.75, 3.05) is 0 Å². The van der Waals surface area contributed by atoms with Gasteiger partial charge in [0.25, 0.3) is 5.56 Å². The second-order valence-corrected chi connectivity index (χ2v) is 5.72. The molecule has 1 aromatic carbocycles. The van der Waals surface area contributed by atoms with Crippen molar-refractivity contribution in [1.82, 2.24) is 29.3 Å². The second-order valence-electron chi connectivity index (χ2n) is 5.72. The molecule has 0 unspecified atom stereocenters. The van der Waals surface area contributed by atoms with Gasteiger partial charge in [-0.05, 0) is 24.4 Å². The van der Waals surface area contributed by atoms with Crippen LogP contribution < -0.4 is 5.56 Å². The van der Waals surface area contributed by atoms with Gasteiger partial charge in [0, 0.05) is 17.9 Å². The zero-order valence-corrected chi connectivity index (χ0v) is 13.1. The Kier molecular flexibility index (Phi) is 3.45. The molecule has 3 heterocycles. The summed E-state index contributed by atoms with van der Waals surface area (Å²) in [6.07, 6.45) is 6.78. The largest absolute Gasteiger partial charge is 0.326 e. The van der Waals surface area contributed by atoms with E-state index in [2.05, 4.69) is 27.0 Å². The van der Waals surface area contributed by atoms with Gasteiger partial charge in [0.05, 0.1) is 18.2 Å². The molecule has 7 heteroatoms. The number of aromatic nitrogens is 6. The van der Waals surface area contributed by atoms with Crippen molar-refractivity contribution in [1.29, 1.82) is 0 Å². The van der Waals surface area contributed by atoms with Crippen LogP contribution in [-0.2, 0) is 6.54 Å². The summed E-state index contributed by atoms with van der Waals surface area (Å²) in [7, 11) is 0. The molecule has 3 aromatic heterocycles. The maximum absolute atomic E-state index is 12.5. The number of para-hydroxylation sites is 1. The van der Waals surface area contributed by atoms with Gasteiger partial charge in [-0.25, -0.2) is 9.97 Å². The maximum Gasteiger partial charge on any atom is 0.259 e. The molecule has 0 aliphatic carbocycles. The molecule has 0 saturated carbocycles. The summed E-state index contributed by atoms with van der Waals surface area (Å²) in [5.41, 5.74) is 1.23. The van der Waals surface area contributed by atoms with Crippen LogP contribution in [0.25, 0.3) is 22.3 Å². The van der Waals surface area contributed by atoms with Gasteiger partial charge < -0.3 is 9.55 Å². The summed E-state index contributed by atoms with van der Waals surface area (Å²) >= 11 is 0. The Morgan fingerprint density at radius 1 is 1.29 bits per heavy atom. The van der Waals surface area contributed by atoms with Gasteiger partial charge in [-0.1, -0.05) is 18.2 Å². The molecule has 1 atom stereocenters. The predicted octanol–water partition coefficient (Wildman–Crippen LogP) is 2.24. The number of imidazole rings is 1. The van der Waals surface area contributed by atoms with Crippen molar-refractivity contribution in [2.45, 2.75) is 19.5 Å². The number of nitrogens with one attached hydrogen (secondary N) is 1. The highest BCUT2D eigenvalue weighted by molar-refractivity contribution is 5.82. The Hall–Kier alpha value is -3.22. The fourth-order valence-electron chi connectivity index (χ4n) is 2.88. The Labute approximate surface area is 137 Å². The molecule has 0 saturated heterocycles. The summed E-state index contributed by atoms with van der Waals surface area (Å²) in [6, 6.07) is 9.68. The monoisotopic (exact) mass is 320 g/mol. The number of aromatic amines is 1. The van der Waals surface area contributed by atoms with E-state index >= 15 is 0 Å². The van der Waals surface area contributed by atoms with Gasteiger partial charge in [0.15, 0.2) is 0 Å². The Morgan fingerprint density at radius 3 is 3.00 bits per heavy atom. The quantitative estimate of drug-likeness (QED) is 0.625. The number of hydrogen-bond acceptors (Lipinski definition) is 4. The number of pyridine rings is 1. The van der Waals surface area contributed by atoms with Crippen molar-refractivity contribution < 1.29 is 0 Å². The second kappa shape index (κ2) is 5.77. The number of fused-ring (bicyclic) bond motifs is 1. The van der Waals surface area contributed by atoms with Crippen LogP contribution in [0.1, 0.15) is 13.0 Å². The first kappa shape index (κ1) is 14.4. The molecule has 24 heavy (non-hydrogen) atoms. The zero-order chi connectivity index (χ0) is 16.5. The molecule has 7 nitrogen and oxygen atoms in total. The van der Waals surface area contributed by atoms with E-state index in [9.17, 15) is 4.79 Å². The number of hydrogen-bond donors (Lipinski definition) is 1. The first-order valence-electron chi connectivity index (χ1n) is 7.70. The van der Waals surface area contributed by atoms with Crippen molar-refractivity contribution in [3.8, 4) is 11.4 Å². The standard InChI is InChI=1S/C17H16N6O/c1-12(9-22-11-18-10-20-22)23-7-6-19-16(23)14-8-13-4-2-3-5-15(13)21-17(14)24/h2-8,10-12H,9H2,1H3,(H,21,24)/t12-/m0/s1. The van der Waals surface area contributed by atoms with Crippen molar-refractivity contribution in [3.05, 3.63) is 65.7 Å². The third-order valence-corrected chi connectivity index (χ3v) is 4.06. The minimum Gasteiger partial charge on any atom is -0.326 e. The third-order valence-electron chi connectivity index (χ3n) is 4.06. The van der Waals surface area contributed by atoms with Crippen molar-refractivity contribution in [3.63, 3.8) is 0 Å². The zero-order valence-electron chi connectivity index (χ0n) is 13.1. The van der Waals surface area contributed by atoms with Gasteiger partial charge in [-0.15, -0.1) is 0 Å². The molecule has 0 radical (unpaired) electrons. The molecule has 1 N–H and O–H groups in total. The van der Waals surface area contributed by atoms with Crippen LogP contribution in [0, 0.1) is 0 Å². The van der Waals surface area contributed by atoms with Gasteiger partial charge >= 0.3 is 0 Å². The van der Waals surface area contributed by atoms with Crippen molar-refractivity contribution in [2.24, 2.45) is 0 Å². The van der Waals surface area contributed by atoms with E-state index in [1.807, 2.05) is 41.1 Å². The summed E-state index contributed by atoms with van der Waals surface area (Å²) in [5.74, 6) is 0.648. The predicted molar refractivity (Wildman–Crippen MR) is 90.5 cm³/mol. The van der Waals surface area contributed by atoms with Crippen LogP contribution in [0.2, 0.25) is 0 Å². The average molecular weight is 320 g/mol. The summed E-state index contributed by atoms with van der Waals surface area (Å²) < 4.78 is 3.75. The fourth-order valence-corrected chi connectivity index (χ4v) is 2.88. The first-order chi connectivity index (χ1) is 11.7. The first-order valence-corrected chi connectivity index (χ1v) is 7.70. The topological polar surface area (TPSA) is 81.4 Å². The highest BCUT2D eigenvalue weighted by Crippen LogP contribution is 2.21. The SMILES string of the molecule is C[C@@H](Cn1cncn1)n1ccnc1-c1cc2ccccc2[nH]c1=O. The molecule has 120 valence electrons. The van der Waals surface area contributed by atoms with Crippen LogP contribution in [-0.4, -0.2) is 29.3 Å². The molecule has 0 aliphatic heterocycles. The highest BCUT2D eigenvalue weighted by Gasteiger charge is 2.15. The van der Waals surface area contributed by atoms with Gasteiger partial charge in [-0.2, -0.15) is 5.10 Å². The minimum absolute atomic E-state index is 0.0788. The van der Waals surface area contributed by atoms with E-state index in [0.717, 1.165) is 10.9 Å². The lowest BCUT2D eigenvalue weighted by molar-refractivity contribution is 0.439. The van der Waals surface area contributed by atoms with Crippen LogP contribution >= 0.6 is 0 Å². The van der Waals surface area contributed by atoms with Gasteiger partial charge in [0.2, 0.25) is 0 Å². The molecule has 0 spiro atoms. The van der Waals surface area contributed by atoms with E-state index in [0.29, 0.717) is 17.9 Å². The lowest BCUT2D eigenvalue weighted by Gasteiger charge is -2.16. The molecular formula is C17H16N6O. The van der Waals surface area contributed by atoms with E-state index in [1.165, 1.54) is 6.33 Å². The third kappa shape index (κ3) is 2.50. The molecule has 0 fully saturated rings. The van der Waals surface area contributed by atoms with Crippen LogP contribution in [0.4, 0.5) is 0 Å². The Morgan fingerprint density at radius 2 is 2.17 bits per heavy atom. The highest BCUT2D eigenvalue weighted by atomic mass is 16.1. The molecule has 0 bridgehead atoms. The smallest absolute Gasteiger partial charge is 0.259 e. The van der Waals surface area contributed by atoms with E-state index in [-0.39, 0.29) is 11.6 Å². The summed E-state index contributed by atoms with van der Waals surface area (Å²) in [6.45, 7) is 2.71. The van der Waals surface area contributed by atoms with Gasteiger partial charge in [0.1, 0.15) is 18.5 Å². The molecule has 4 rings (SSSR count). The lowest BCUT2D eigenvalue weighted by Crippen LogP contribution is -2.17. The fraction of sp³-hybridized carbons (Fsp3) is 0.176. The van der Waals surface area contributed by atoms with E-state index in [1.54, 1.807) is 17.2 Å². The van der Waals surface area contributed by atoms with Crippen LogP contribution in [0.15, 0.2) is 60.2 Å². The van der Waals surface area contributed by atoms with Crippen molar-refractivity contribution >= 4 is 10.9 Å². The Balaban J connectivity index is 1.77. The van der Waals surface area contributed by atoms with Gasteiger partial charge in [-0.3, -0.25) is 9.48 Å². The average Bonchev–Trinajstić information content (AvgIpc) is 3.25. The number of H-pyrrole nitrogens is 1. The summed E-state index contributed by atoms with van der Waals surface area (Å²) in [5, 5.41) is 5.11. The molecular weight excluding hydrogens is 304 g/mol. The van der Waals surface area contributed by atoms with Crippen LogP contribution in [0.3, 0.4) is 0 Å². The van der Waals surface area contributed by atoms with E-state index < -0.39 is 0 Å². The molecule has 4 aromatic rings. The number of benzene rings is 1. The number of nitrogens with zero attached hydrogens (tertiary/aromatic N) is 5. The van der Waals surface area contributed by atoms with E-state index in [4.69, 9.17) is 0 Å². The van der Waals surface area contributed by atoms with Crippen LogP contribution in [0.5, 0.6) is 0 Å². The summed E-state index contributed by atoms with van der Waals surface area (Å²) in [4.78, 5) is 23.8. The molecule has 0 amide bonds. The minimum atomic E-state index is -0.144. The maximum atomic E-state index is 12.5. The normalized spacial score (nSPS) is 12.5. The Bertz CT molecular complexity index is 1030. The molecule has 0 aliphatic rings. The number of rotatable bonds is 4.